The van der Waals surface area contributed by atoms with Crippen LogP contribution in [0.4, 0.5) is 4.39 Å². The monoisotopic (exact) mass is 1530 g/mol. The van der Waals surface area contributed by atoms with Crippen molar-refractivity contribution in [3.8, 4) is 95.6 Å². The number of phenolic OH excluding ortho intramolecular Hbond substituents is 1. The molecule has 0 aliphatic carbocycles. The molecule has 3 aromatic heterocycles. The molecule has 11 aromatic rings. The molecule has 22 nitrogen and oxygen atoms in total. The minimum atomic E-state index is -4.31. The van der Waals surface area contributed by atoms with Gasteiger partial charge in [-0.2, -0.15) is 8.42 Å². The van der Waals surface area contributed by atoms with Gasteiger partial charge in [-0.25, -0.2) is 29.1 Å². The quantitative estimate of drug-likeness (QED) is 0.0296. The minimum Gasteiger partial charge on any atom is -0.508 e. The molecule has 1 aliphatic rings. The van der Waals surface area contributed by atoms with E-state index in [4.69, 9.17) is 87.3 Å². The maximum absolute atomic E-state index is 14.8. The smallest absolute Gasteiger partial charge is 0.347 e. The summed E-state index contributed by atoms with van der Waals surface area (Å²) in [6.07, 6.45) is -2.64. The van der Waals surface area contributed by atoms with Crippen LogP contribution in [0.5, 0.6) is 40.4 Å². The number of hydrogen-bond acceptors (Lipinski definition) is 23. The van der Waals surface area contributed by atoms with Crippen LogP contribution in [0.3, 0.4) is 0 Å². The van der Waals surface area contributed by atoms with Gasteiger partial charge in [0.1, 0.15) is 102 Å². The molecule has 1 fully saturated rings. The Morgan fingerprint density at radius 2 is 1.35 bits per heavy atom. The van der Waals surface area contributed by atoms with Crippen LogP contribution in [0.25, 0.3) is 65.4 Å². The summed E-state index contributed by atoms with van der Waals surface area (Å²) < 4.78 is 126. The second kappa shape index (κ2) is 35.7. The number of carbonyl (C=O) groups excluding carboxylic acids is 1. The van der Waals surface area contributed by atoms with Gasteiger partial charge in [-0.3, -0.25) is 4.18 Å². The molecular weight excluding hydrogens is 1450 g/mol. The summed E-state index contributed by atoms with van der Waals surface area (Å²) in [5.41, 5.74) is 9.09. The van der Waals surface area contributed by atoms with Crippen LogP contribution in [0, 0.1) is 19.7 Å². The zero-order chi connectivity index (χ0) is 76.0. The molecule has 0 saturated carbocycles. The highest BCUT2D eigenvalue weighted by Crippen LogP contribution is 2.50. The van der Waals surface area contributed by atoms with Gasteiger partial charge in [-0.1, -0.05) is 96.0 Å². The predicted molar refractivity (Wildman–Crippen MR) is 405 cm³/mol. The summed E-state index contributed by atoms with van der Waals surface area (Å²) in [5.74, 6) is 1.42. The van der Waals surface area contributed by atoms with Gasteiger partial charge in [0.25, 0.3) is 10.1 Å². The molecule has 1 aliphatic heterocycles. The molecule has 0 radical (unpaired) electrons. The second-order valence-electron chi connectivity index (χ2n) is 25.1. The maximum atomic E-state index is 14.8. The zero-order valence-corrected chi connectivity index (χ0v) is 63.0. The number of hydrogen-bond donors (Lipinski definition) is 1. The van der Waals surface area contributed by atoms with E-state index in [9.17, 15) is 22.7 Å². The van der Waals surface area contributed by atoms with Gasteiger partial charge in [-0.15, -0.1) is 11.3 Å². The van der Waals surface area contributed by atoms with Crippen LogP contribution in [-0.2, 0) is 71.9 Å². The number of fused-ring (bicyclic) bond motifs is 1. The fourth-order valence-corrected chi connectivity index (χ4v) is 14.9. The number of halogens is 2. The standard InChI is InChI=1S/C82H80ClFN4O18S2/c1-10-100-81(90)69(41-56-38-59(89)26-34-67(56)102-43-58-36-37-85-78(88-58)54-12-11-13-62(39-54)101-46-70-74(95-6)75(96-7)76(97-8)82(98-9)106-70)105-79-72-71(77(107-80(72)87-47-86-79)52-18-24-57(84)25-19-52)65-33-35-68(73(83)49(65)3)104-63(45-103-108(91,92)64-31-14-48(2)15-32-64)44-99-42-55-17-16-53(50-20-27-60(93-4)28-21-50)40-66(55)51-22-29-61(94-5)30-23-51/h11-40,47,63,69-70,74-76,82,89H,10,41-46H2,1-9H3/t63-,69?,70-,74-,75+,76+,82+/m1/s1. The molecule has 26 heteroatoms. The molecule has 8 aromatic carbocycles. The van der Waals surface area contributed by atoms with E-state index >= 15 is 0 Å². The Kier molecular flexibility index (Phi) is 25.6. The fourth-order valence-electron chi connectivity index (χ4n) is 12.6. The Morgan fingerprint density at radius 1 is 0.648 bits per heavy atom. The third-order valence-electron chi connectivity index (χ3n) is 18.2. The third kappa shape index (κ3) is 18.2. The molecule has 1 N–H and O–H groups in total. The first kappa shape index (κ1) is 77.5. The summed E-state index contributed by atoms with van der Waals surface area (Å²) in [6, 6.07) is 50.7. The van der Waals surface area contributed by atoms with Crippen LogP contribution in [0.1, 0.15) is 34.9 Å². The highest BCUT2D eigenvalue weighted by molar-refractivity contribution is 7.86. The van der Waals surface area contributed by atoms with E-state index < -0.39 is 71.4 Å². The first-order chi connectivity index (χ1) is 52.4. The number of benzene rings is 8. The van der Waals surface area contributed by atoms with Crippen molar-refractivity contribution in [2.45, 2.75) is 88.2 Å². The Morgan fingerprint density at radius 3 is 2.06 bits per heavy atom. The largest absolute Gasteiger partial charge is 0.508 e. The lowest BCUT2D eigenvalue weighted by molar-refractivity contribution is -0.305. The van der Waals surface area contributed by atoms with Crippen molar-refractivity contribution in [3.05, 3.63) is 227 Å². The highest BCUT2D eigenvalue weighted by Gasteiger charge is 2.48. The van der Waals surface area contributed by atoms with Gasteiger partial charge < -0.3 is 66.7 Å². The van der Waals surface area contributed by atoms with Crippen molar-refractivity contribution in [2.24, 2.45) is 0 Å². The van der Waals surface area contributed by atoms with Crippen LogP contribution in [-0.4, -0.2) is 151 Å². The van der Waals surface area contributed by atoms with E-state index in [1.165, 1.54) is 61.2 Å². The Labute approximate surface area is 634 Å². The molecule has 562 valence electrons. The first-order valence-corrected chi connectivity index (χ1v) is 37.0. The molecule has 1 saturated heterocycles. The van der Waals surface area contributed by atoms with E-state index in [1.54, 1.807) is 116 Å². The molecule has 0 spiro atoms. The number of methoxy groups -OCH3 is 6. The Hall–Kier alpha value is -10.2. The SMILES string of the molecule is CCOC(=O)C(Cc1cc(O)ccc1OCc1ccnc(-c2cccc(OC[C@H]3O[C@H](OC)[C@@H](OC)[C@@H](OC)[C@@H]3OC)c2)n1)Oc1ncnc2sc(-c3ccc(F)cc3)c(-c3ccc(O[C@H](COCc4ccc(-c5ccc(OC)cc5)cc4-c4ccc(OC)cc4)COS(=O)(=O)c4ccc(C)cc4)c(Cl)c3C)c12. The predicted octanol–water partition coefficient (Wildman–Crippen LogP) is 15.2. The molecule has 0 bridgehead atoms. The number of carbonyl (C=O) groups is 1. The molecule has 1 unspecified atom stereocenters. The number of nitrogens with zero attached hydrogens (tertiary/aromatic N) is 4. The Balaban J connectivity index is 0.816. The number of aryl methyl sites for hydroxylation is 1. The number of esters is 1. The average Bonchev–Trinajstić information content (AvgIpc) is 1.58. The second-order valence-corrected chi connectivity index (χ2v) is 28.1. The van der Waals surface area contributed by atoms with Crippen LogP contribution >= 0.6 is 22.9 Å². The number of thiophene rings is 1. The van der Waals surface area contributed by atoms with Crippen LogP contribution in [0.15, 0.2) is 193 Å². The van der Waals surface area contributed by atoms with E-state index in [-0.39, 0.29) is 66.8 Å². The normalized spacial score (nSPS) is 16.3. The van der Waals surface area contributed by atoms with Gasteiger partial charge in [0.2, 0.25) is 12.0 Å². The van der Waals surface area contributed by atoms with Gasteiger partial charge in [0.05, 0.1) is 55.0 Å². The summed E-state index contributed by atoms with van der Waals surface area (Å²) in [5, 5.41) is 11.5. The Bertz CT molecular complexity index is 5020. The third-order valence-corrected chi connectivity index (χ3v) is 21.1. The van der Waals surface area contributed by atoms with Crippen molar-refractivity contribution < 1.29 is 88.5 Å². The van der Waals surface area contributed by atoms with Gasteiger partial charge in [0.15, 0.2) is 12.1 Å². The fraction of sp³-hybridized carbons (Fsp3) is 0.280. The lowest BCUT2D eigenvalue weighted by Gasteiger charge is -2.44. The van der Waals surface area contributed by atoms with Crippen molar-refractivity contribution >= 4 is 49.2 Å². The topological polar surface area (TPSA) is 252 Å². The van der Waals surface area contributed by atoms with Gasteiger partial charge in [-0.05, 0) is 162 Å². The van der Waals surface area contributed by atoms with Crippen molar-refractivity contribution in [3.63, 3.8) is 0 Å². The van der Waals surface area contributed by atoms with Gasteiger partial charge >= 0.3 is 5.97 Å². The number of rotatable bonds is 33. The molecule has 0 amide bonds. The summed E-state index contributed by atoms with van der Waals surface area (Å²) >= 11 is 8.74. The van der Waals surface area contributed by atoms with Crippen molar-refractivity contribution in [2.75, 3.05) is 69.1 Å². The number of aromatic nitrogens is 4. The van der Waals surface area contributed by atoms with Gasteiger partial charge in [0, 0.05) is 62.6 Å². The molecular formula is C82H80ClFN4O18S2. The van der Waals surface area contributed by atoms with E-state index in [0.29, 0.717) is 77.2 Å². The zero-order valence-electron chi connectivity index (χ0n) is 60.6. The van der Waals surface area contributed by atoms with E-state index in [2.05, 4.69) is 16.0 Å². The molecule has 12 rings (SSSR count). The average molecular weight is 1530 g/mol. The molecule has 108 heavy (non-hydrogen) atoms. The lowest BCUT2D eigenvalue weighted by Crippen LogP contribution is -2.61. The number of ether oxygens (including phenoxy) is 13. The summed E-state index contributed by atoms with van der Waals surface area (Å²) in [6.45, 7) is 4.75. The van der Waals surface area contributed by atoms with E-state index in [0.717, 1.165) is 39.1 Å². The highest BCUT2D eigenvalue weighted by atomic mass is 35.5. The summed E-state index contributed by atoms with van der Waals surface area (Å²) in [7, 11) is 5.14. The molecule has 7 atom stereocenters. The number of phenols is 1. The minimum absolute atomic E-state index is 0.00793. The molecule has 4 heterocycles. The van der Waals surface area contributed by atoms with Crippen LogP contribution in [0.2, 0.25) is 5.02 Å². The van der Waals surface area contributed by atoms with Crippen LogP contribution < -0.4 is 28.4 Å². The van der Waals surface area contributed by atoms with E-state index in [1.807, 2.05) is 79.7 Å². The van der Waals surface area contributed by atoms with Crippen molar-refractivity contribution in [1.29, 1.82) is 0 Å². The van der Waals surface area contributed by atoms with Crippen molar-refractivity contribution in [1.82, 2.24) is 19.9 Å². The number of aromatic hydroxyl groups is 1. The summed E-state index contributed by atoms with van der Waals surface area (Å²) in [4.78, 5) is 34.1. The first-order valence-electron chi connectivity index (χ1n) is 34.4. The maximum Gasteiger partial charge on any atom is 0.347 e. The lowest BCUT2D eigenvalue weighted by atomic mass is 9.94.